The first-order valence-corrected chi connectivity index (χ1v) is 9.74. The summed E-state index contributed by atoms with van der Waals surface area (Å²) in [4.78, 5) is 25.7. The molecule has 0 spiro atoms. The second-order valence-corrected chi connectivity index (χ2v) is 7.36. The van der Waals surface area contributed by atoms with Crippen LogP contribution in [0.25, 0.3) is 0 Å². The van der Waals surface area contributed by atoms with Gasteiger partial charge in [0.2, 0.25) is 0 Å². The van der Waals surface area contributed by atoms with Gasteiger partial charge >= 0.3 is 5.97 Å². The normalized spacial score (nSPS) is 19.3. The van der Waals surface area contributed by atoms with Crippen molar-refractivity contribution >= 4 is 23.4 Å². The molecule has 0 saturated heterocycles. The fraction of sp³-hybridized carbons (Fsp3) is 0.429. The molecule has 2 N–H and O–H groups in total. The molecule has 1 heterocycles. The fourth-order valence-electron chi connectivity index (χ4n) is 3.78. The van der Waals surface area contributed by atoms with Gasteiger partial charge in [0, 0.05) is 29.3 Å². The molecule has 0 aromatic heterocycles. The molecule has 0 amide bonds. The Kier molecular flexibility index (Phi) is 5.98. The van der Waals surface area contributed by atoms with Gasteiger partial charge in [0.25, 0.3) is 0 Å². The van der Waals surface area contributed by atoms with Crippen LogP contribution in [-0.2, 0) is 14.3 Å². The topological polar surface area (TPSA) is 84.9 Å². The molecular formula is C21H24ClNO5. The van der Waals surface area contributed by atoms with Gasteiger partial charge in [0.1, 0.15) is 0 Å². The van der Waals surface area contributed by atoms with Crippen LogP contribution < -0.4 is 10.1 Å². The Morgan fingerprint density at radius 2 is 2.11 bits per heavy atom. The summed E-state index contributed by atoms with van der Waals surface area (Å²) in [6.07, 6.45) is 2.62. The third-order valence-electron chi connectivity index (χ3n) is 5.04. The van der Waals surface area contributed by atoms with E-state index >= 15 is 0 Å². The molecule has 0 bridgehead atoms. The molecule has 1 aromatic carbocycles. The number of Topliss-reactive ketones (excluding diaryl/α,β-unsaturated/α-hetero) is 1. The highest BCUT2D eigenvalue weighted by molar-refractivity contribution is 6.32. The van der Waals surface area contributed by atoms with Gasteiger partial charge < -0.3 is 19.9 Å². The maximum atomic E-state index is 12.9. The monoisotopic (exact) mass is 405 g/mol. The number of phenols is 1. The number of rotatable bonds is 5. The minimum atomic E-state index is -0.625. The van der Waals surface area contributed by atoms with Crippen molar-refractivity contribution in [2.24, 2.45) is 0 Å². The summed E-state index contributed by atoms with van der Waals surface area (Å²) >= 11 is 6.20. The van der Waals surface area contributed by atoms with Crippen LogP contribution in [0.1, 0.15) is 51.0 Å². The number of hydrogen-bond donors (Lipinski definition) is 2. The minimum absolute atomic E-state index is 0.00444. The Morgan fingerprint density at radius 3 is 2.79 bits per heavy atom. The Balaban J connectivity index is 2.19. The summed E-state index contributed by atoms with van der Waals surface area (Å²) in [7, 11) is 1.42. The largest absolute Gasteiger partial charge is 0.503 e. The lowest BCUT2D eigenvalue weighted by atomic mass is 9.75. The molecule has 3 rings (SSSR count). The molecule has 150 valence electrons. The van der Waals surface area contributed by atoms with Crippen molar-refractivity contribution in [3.63, 3.8) is 0 Å². The van der Waals surface area contributed by atoms with E-state index in [0.29, 0.717) is 41.9 Å². The van der Waals surface area contributed by atoms with Crippen LogP contribution in [0.15, 0.2) is 34.7 Å². The zero-order valence-corrected chi connectivity index (χ0v) is 17.0. The molecular weight excluding hydrogens is 382 g/mol. The molecule has 28 heavy (non-hydrogen) atoms. The van der Waals surface area contributed by atoms with Gasteiger partial charge in [-0.05, 0) is 43.9 Å². The molecule has 0 unspecified atom stereocenters. The lowest BCUT2D eigenvalue weighted by Gasteiger charge is -2.34. The highest BCUT2D eigenvalue weighted by Gasteiger charge is 2.39. The first-order chi connectivity index (χ1) is 13.4. The Hall–Kier alpha value is -2.47. The molecule has 6 nitrogen and oxygen atoms in total. The zero-order valence-electron chi connectivity index (χ0n) is 16.2. The Bertz CT molecular complexity index is 887. The molecule has 1 aliphatic carbocycles. The van der Waals surface area contributed by atoms with E-state index in [-0.39, 0.29) is 22.3 Å². The average Bonchev–Trinajstić information content (AvgIpc) is 2.67. The third-order valence-corrected chi connectivity index (χ3v) is 5.33. The van der Waals surface area contributed by atoms with Gasteiger partial charge in [-0.3, -0.25) is 4.79 Å². The van der Waals surface area contributed by atoms with Crippen molar-refractivity contribution in [3.05, 3.63) is 45.3 Å². The van der Waals surface area contributed by atoms with Gasteiger partial charge in [0.15, 0.2) is 17.3 Å². The average molecular weight is 406 g/mol. The summed E-state index contributed by atoms with van der Waals surface area (Å²) in [5.41, 5.74) is 3.03. The lowest BCUT2D eigenvalue weighted by molar-refractivity contribution is -0.139. The number of methoxy groups -OCH3 is 1. The second-order valence-electron chi connectivity index (χ2n) is 6.96. The number of carbonyl (C=O) groups excluding carboxylic acids is 2. The number of ketones is 1. The van der Waals surface area contributed by atoms with Gasteiger partial charge in [-0.25, -0.2) is 4.79 Å². The number of esters is 1. The van der Waals surface area contributed by atoms with Crippen LogP contribution in [0.4, 0.5) is 0 Å². The number of carbonyl (C=O) groups is 2. The number of allylic oxidation sites excluding steroid dienone is 3. The number of nitrogens with one attached hydrogen (secondary N) is 1. The summed E-state index contributed by atoms with van der Waals surface area (Å²) in [5, 5.41) is 13.4. The first kappa shape index (κ1) is 20.3. The van der Waals surface area contributed by atoms with E-state index in [1.54, 1.807) is 19.1 Å². The number of phenolic OH excluding ortho intramolecular Hbond substituents is 1. The smallest absolute Gasteiger partial charge is 0.336 e. The first-order valence-electron chi connectivity index (χ1n) is 9.36. The summed E-state index contributed by atoms with van der Waals surface area (Å²) < 4.78 is 10.6. The quantitative estimate of drug-likeness (QED) is 0.721. The second kappa shape index (κ2) is 8.27. The third kappa shape index (κ3) is 3.61. The van der Waals surface area contributed by atoms with E-state index in [4.69, 9.17) is 21.1 Å². The van der Waals surface area contributed by atoms with Crippen molar-refractivity contribution in [3.8, 4) is 11.5 Å². The standard InChI is InChI=1S/C21H24ClNO5/c1-4-8-28-21(26)17-11(2)23-14-6-5-7-15(24)19(14)18(17)12-9-13(22)20(25)16(10-12)27-3/h9-10,18,23,25H,4-8H2,1-3H3/t18-/m0/s1. The number of halogens is 1. The van der Waals surface area contributed by atoms with Crippen LogP contribution in [0, 0.1) is 0 Å². The van der Waals surface area contributed by atoms with Crippen LogP contribution in [0.3, 0.4) is 0 Å². The predicted octanol–water partition coefficient (Wildman–Crippen LogP) is 3.98. The minimum Gasteiger partial charge on any atom is -0.503 e. The molecule has 0 saturated carbocycles. The van der Waals surface area contributed by atoms with E-state index in [2.05, 4.69) is 5.32 Å². The highest BCUT2D eigenvalue weighted by Crippen LogP contribution is 2.46. The fourth-order valence-corrected chi connectivity index (χ4v) is 3.99. The molecule has 1 atom stereocenters. The van der Waals surface area contributed by atoms with Crippen molar-refractivity contribution in [1.29, 1.82) is 0 Å². The van der Waals surface area contributed by atoms with E-state index < -0.39 is 11.9 Å². The van der Waals surface area contributed by atoms with Gasteiger partial charge in [-0.15, -0.1) is 0 Å². The van der Waals surface area contributed by atoms with Crippen molar-refractivity contribution in [1.82, 2.24) is 5.32 Å². The van der Waals surface area contributed by atoms with Crippen molar-refractivity contribution < 1.29 is 24.2 Å². The summed E-state index contributed by atoms with van der Waals surface area (Å²) in [5.74, 6) is -1.09. The molecule has 7 heteroatoms. The molecule has 2 aliphatic rings. The zero-order chi connectivity index (χ0) is 20.4. The van der Waals surface area contributed by atoms with Crippen LogP contribution in [0.2, 0.25) is 5.02 Å². The Labute approximate surface area is 169 Å². The van der Waals surface area contributed by atoms with E-state index in [0.717, 1.165) is 18.5 Å². The lowest BCUT2D eigenvalue weighted by Crippen LogP contribution is -2.34. The van der Waals surface area contributed by atoms with Gasteiger partial charge in [0.05, 0.1) is 24.3 Å². The maximum absolute atomic E-state index is 12.9. The van der Waals surface area contributed by atoms with E-state index in [1.807, 2.05) is 6.92 Å². The SMILES string of the molecule is CCCOC(=O)C1=C(C)NC2=C(C(=O)CCC2)[C@H]1c1cc(Cl)c(O)c(OC)c1. The van der Waals surface area contributed by atoms with Crippen LogP contribution >= 0.6 is 11.6 Å². The van der Waals surface area contributed by atoms with Crippen molar-refractivity contribution in [2.45, 2.75) is 45.4 Å². The van der Waals surface area contributed by atoms with Gasteiger partial charge in [-0.1, -0.05) is 18.5 Å². The highest BCUT2D eigenvalue weighted by atomic mass is 35.5. The number of benzene rings is 1. The maximum Gasteiger partial charge on any atom is 0.336 e. The predicted molar refractivity (Wildman–Crippen MR) is 105 cm³/mol. The molecule has 1 aromatic rings. The van der Waals surface area contributed by atoms with Gasteiger partial charge in [-0.2, -0.15) is 0 Å². The number of ether oxygens (including phenoxy) is 2. The molecule has 0 fully saturated rings. The van der Waals surface area contributed by atoms with E-state index in [9.17, 15) is 14.7 Å². The Morgan fingerprint density at radius 1 is 1.36 bits per heavy atom. The number of aromatic hydroxyl groups is 1. The van der Waals surface area contributed by atoms with Crippen molar-refractivity contribution in [2.75, 3.05) is 13.7 Å². The number of dihydropyridines is 1. The van der Waals surface area contributed by atoms with Crippen LogP contribution in [-0.4, -0.2) is 30.6 Å². The van der Waals surface area contributed by atoms with Crippen LogP contribution in [0.5, 0.6) is 11.5 Å². The summed E-state index contributed by atoms with van der Waals surface area (Å²) in [6.45, 7) is 4.01. The molecule has 1 aliphatic heterocycles. The molecule has 0 radical (unpaired) electrons. The number of hydrogen-bond acceptors (Lipinski definition) is 6. The van der Waals surface area contributed by atoms with E-state index in [1.165, 1.54) is 7.11 Å². The summed E-state index contributed by atoms with van der Waals surface area (Å²) in [6, 6.07) is 3.19.